The highest BCUT2D eigenvalue weighted by atomic mass is 32.2. The van der Waals surface area contributed by atoms with E-state index < -0.39 is 72.6 Å². The summed E-state index contributed by atoms with van der Waals surface area (Å²) in [6, 6.07) is -4.90. The Bertz CT molecular complexity index is 764. The summed E-state index contributed by atoms with van der Waals surface area (Å²) in [6.07, 6.45) is 1.32. The average molecular weight is 491 g/mol. The number of carboxylic acid groups (broad SMARTS) is 3. The van der Waals surface area contributed by atoms with Crippen LogP contribution in [0.15, 0.2) is 0 Å². The highest BCUT2D eigenvalue weighted by Gasteiger charge is 2.39. The summed E-state index contributed by atoms with van der Waals surface area (Å²) in [5, 5.41) is 31.6. The van der Waals surface area contributed by atoms with Gasteiger partial charge in [-0.2, -0.15) is 11.8 Å². The van der Waals surface area contributed by atoms with Crippen LogP contribution in [0.1, 0.15) is 38.5 Å². The maximum atomic E-state index is 13.1. The molecule has 14 heteroatoms. The molecule has 4 atom stereocenters. The summed E-state index contributed by atoms with van der Waals surface area (Å²) in [5.41, 5.74) is 5.83. The summed E-state index contributed by atoms with van der Waals surface area (Å²) in [5.74, 6) is -5.68. The molecule has 0 aromatic heterocycles. The molecule has 0 bridgehead atoms. The van der Waals surface area contributed by atoms with E-state index in [1.165, 1.54) is 11.8 Å². The van der Waals surface area contributed by atoms with Gasteiger partial charge in [-0.3, -0.25) is 24.0 Å². The first kappa shape index (κ1) is 28.2. The molecule has 1 fully saturated rings. The molecular formula is C19H30N4O9S. The minimum atomic E-state index is -1.68. The summed E-state index contributed by atoms with van der Waals surface area (Å²) in [4.78, 5) is 72.4. The molecule has 1 heterocycles. The second-order valence-electron chi connectivity index (χ2n) is 7.57. The van der Waals surface area contributed by atoms with Gasteiger partial charge < -0.3 is 36.6 Å². The third-order valence-corrected chi connectivity index (χ3v) is 5.71. The van der Waals surface area contributed by atoms with Crippen molar-refractivity contribution in [2.45, 2.75) is 62.7 Å². The van der Waals surface area contributed by atoms with E-state index in [-0.39, 0.29) is 19.4 Å². The lowest BCUT2D eigenvalue weighted by Gasteiger charge is -2.29. The van der Waals surface area contributed by atoms with Crippen molar-refractivity contribution in [1.29, 1.82) is 0 Å². The zero-order chi connectivity index (χ0) is 25.1. The number of thioether (sulfide) groups is 1. The van der Waals surface area contributed by atoms with E-state index in [2.05, 4.69) is 10.6 Å². The number of nitrogens with two attached hydrogens (primary N) is 1. The largest absolute Gasteiger partial charge is 0.481 e. The topological polar surface area (TPSA) is 216 Å². The van der Waals surface area contributed by atoms with Crippen molar-refractivity contribution in [2.75, 3.05) is 18.6 Å². The van der Waals surface area contributed by atoms with E-state index in [0.29, 0.717) is 18.6 Å². The standard InChI is InChI=1S/C19H30N4O9S/c1-33-8-6-10(20)16(28)21-11(4-5-14(24)25)18(30)23-7-2-3-13(23)17(29)22-12(19(31)32)9-15(26)27/h10-13H,2-9,20H2,1H3,(H,21,28)(H,22,29)(H,24,25)(H,26,27)(H,31,32). The van der Waals surface area contributed by atoms with Gasteiger partial charge in [0.1, 0.15) is 18.1 Å². The van der Waals surface area contributed by atoms with Gasteiger partial charge in [0.15, 0.2) is 0 Å². The number of nitrogens with zero attached hydrogens (tertiary/aromatic N) is 1. The van der Waals surface area contributed by atoms with Gasteiger partial charge in [-0.05, 0) is 37.7 Å². The smallest absolute Gasteiger partial charge is 0.326 e. The Morgan fingerprint density at radius 1 is 1.03 bits per heavy atom. The lowest BCUT2D eigenvalue weighted by molar-refractivity contribution is -0.148. The highest BCUT2D eigenvalue weighted by molar-refractivity contribution is 7.98. The fourth-order valence-electron chi connectivity index (χ4n) is 3.33. The van der Waals surface area contributed by atoms with Gasteiger partial charge in [0, 0.05) is 13.0 Å². The fraction of sp³-hybridized carbons (Fsp3) is 0.684. The van der Waals surface area contributed by atoms with Crippen molar-refractivity contribution >= 4 is 47.4 Å². The van der Waals surface area contributed by atoms with Gasteiger partial charge in [0.2, 0.25) is 17.7 Å². The minimum Gasteiger partial charge on any atom is -0.481 e. The van der Waals surface area contributed by atoms with Crippen molar-refractivity contribution in [1.82, 2.24) is 15.5 Å². The van der Waals surface area contributed by atoms with Gasteiger partial charge >= 0.3 is 17.9 Å². The minimum absolute atomic E-state index is 0.131. The number of rotatable bonds is 14. The number of hydrogen-bond acceptors (Lipinski definition) is 8. The van der Waals surface area contributed by atoms with Crippen LogP contribution in [-0.2, 0) is 28.8 Å². The van der Waals surface area contributed by atoms with Crippen molar-refractivity contribution in [3.05, 3.63) is 0 Å². The van der Waals surface area contributed by atoms with Gasteiger partial charge in [-0.25, -0.2) is 4.79 Å². The van der Waals surface area contributed by atoms with Crippen LogP contribution in [0.25, 0.3) is 0 Å². The molecule has 0 radical (unpaired) electrons. The predicted molar refractivity (Wildman–Crippen MR) is 116 cm³/mol. The van der Waals surface area contributed by atoms with Gasteiger partial charge in [0.05, 0.1) is 12.5 Å². The van der Waals surface area contributed by atoms with E-state index in [1.54, 1.807) is 0 Å². The van der Waals surface area contributed by atoms with Crippen molar-refractivity contribution in [3.63, 3.8) is 0 Å². The Kier molecular flexibility index (Phi) is 11.6. The first-order valence-electron chi connectivity index (χ1n) is 10.3. The monoisotopic (exact) mass is 490 g/mol. The quantitative estimate of drug-likeness (QED) is 0.164. The average Bonchev–Trinajstić information content (AvgIpc) is 3.23. The Balaban J connectivity index is 2.96. The van der Waals surface area contributed by atoms with Crippen LogP contribution >= 0.6 is 11.8 Å². The number of carbonyl (C=O) groups excluding carboxylic acids is 3. The van der Waals surface area contributed by atoms with Crippen LogP contribution in [0.4, 0.5) is 0 Å². The molecule has 186 valence electrons. The van der Waals surface area contributed by atoms with E-state index in [9.17, 15) is 28.8 Å². The predicted octanol–water partition coefficient (Wildman–Crippen LogP) is -1.55. The van der Waals surface area contributed by atoms with Gasteiger partial charge in [0.25, 0.3) is 0 Å². The van der Waals surface area contributed by atoms with Crippen molar-refractivity contribution in [2.24, 2.45) is 5.73 Å². The molecule has 0 aliphatic carbocycles. The molecule has 1 aliphatic rings. The lowest BCUT2D eigenvalue weighted by atomic mass is 10.1. The number of hydrogen-bond donors (Lipinski definition) is 6. The van der Waals surface area contributed by atoms with Crippen molar-refractivity contribution < 1.29 is 44.1 Å². The normalized spacial score (nSPS) is 18.1. The van der Waals surface area contributed by atoms with Crippen LogP contribution in [0.3, 0.4) is 0 Å². The molecule has 0 aromatic rings. The zero-order valence-corrected chi connectivity index (χ0v) is 19.0. The number of carboxylic acids is 3. The maximum Gasteiger partial charge on any atom is 0.326 e. The van der Waals surface area contributed by atoms with E-state index in [0.717, 1.165) is 4.90 Å². The highest BCUT2D eigenvalue weighted by Crippen LogP contribution is 2.20. The van der Waals surface area contributed by atoms with Crippen LogP contribution in [0, 0.1) is 0 Å². The summed E-state index contributed by atoms with van der Waals surface area (Å²) in [7, 11) is 0. The van der Waals surface area contributed by atoms with Crippen LogP contribution in [-0.4, -0.2) is 98.6 Å². The van der Waals surface area contributed by atoms with Gasteiger partial charge in [-0.1, -0.05) is 0 Å². The zero-order valence-electron chi connectivity index (χ0n) is 18.2. The number of likely N-dealkylation sites (tertiary alicyclic amines) is 1. The van der Waals surface area contributed by atoms with Crippen LogP contribution in [0.2, 0.25) is 0 Å². The SMILES string of the molecule is CSCCC(N)C(=O)NC(CCC(=O)O)C(=O)N1CCCC1C(=O)NC(CC(=O)O)C(=O)O. The first-order chi connectivity index (χ1) is 15.5. The summed E-state index contributed by atoms with van der Waals surface area (Å²) >= 11 is 1.49. The molecular weight excluding hydrogens is 460 g/mol. The molecule has 33 heavy (non-hydrogen) atoms. The molecule has 1 rings (SSSR count). The summed E-state index contributed by atoms with van der Waals surface area (Å²) in [6.45, 7) is 0.131. The first-order valence-corrected chi connectivity index (χ1v) is 11.7. The number of amides is 3. The molecule has 13 nitrogen and oxygen atoms in total. The molecule has 7 N–H and O–H groups in total. The van der Waals surface area contributed by atoms with E-state index in [4.69, 9.17) is 21.1 Å². The Labute approximate surface area is 194 Å². The lowest BCUT2D eigenvalue weighted by Crippen LogP contribution is -2.57. The Hall–Kier alpha value is -2.87. The van der Waals surface area contributed by atoms with E-state index >= 15 is 0 Å². The maximum absolute atomic E-state index is 13.1. The molecule has 0 saturated carbocycles. The van der Waals surface area contributed by atoms with Gasteiger partial charge in [-0.15, -0.1) is 0 Å². The number of nitrogens with one attached hydrogen (secondary N) is 2. The molecule has 0 spiro atoms. The summed E-state index contributed by atoms with van der Waals surface area (Å²) < 4.78 is 0. The third-order valence-electron chi connectivity index (χ3n) is 5.06. The van der Waals surface area contributed by atoms with Crippen LogP contribution in [0.5, 0.6) is 0 Å². The number of aliphatic carboxylic acids is 3. The molecule has 0 aromatic carbocycles. The second-order valence-corrected chi connectivity index (χ2v) is 8.55. The Morgan fingerprint density at radius 3 is 2.24 bits per heavy atom. The molecule has 1 saturated heterocycles. The van der Waals surface area contributed by atoms with Crippen LogP contribution < -0.4 is 16.4 Å². The third kappa shape index (κ3) is 9.26. The second kappa shape index (κ2) is 13.6. The van der Waals surface area contributed by atoms with Crippen molar-refractivity contribution in [3.8, 4) is 0 Å². The number of carbonyl (C=O) groups is 6. The van der Waals surface area contributed by atoms with E-state index in [1.807, 2.05) is 6.26 Å². The fourth-order valence-corrected chi connectivity index (χ4v) is 3.82. The molecule has 1 aliphatic heterocycles. The molecule has 4 unspecified atom stereocenters. The molecule has 3 amide bonds. The Morgan fingerprint density at radius 2 is 1.70 bits per heavy atom.